The van der Waals surface area contributed by atoms with E-state index >= 15 is 0 Å². The third kappa shape index (κ3) is 4.79. The van der Waals surface area contributed by atoms with Crippen molar-refractivity contribution in [2.45, 2.75) is 20.0 Å². The zero-order valence-corrected chi connectivity index (χ0v) is 10.8. The monoisotopic (exact) mass is 264 g/mol. The van der Waals surface area contributed by atoms with E-state index in [1.54, 1.807) is 37.3 Å². The smallest absolute Gasteiger partial charge is 0.338 e. The van der Waals surface area contributed by atoms with Crippen molar-refractivity contribution in [3.63, 3.8) is 0 Å². The lowest BCUT2D eigenvalue weighted by Gasteiger charge is -2.12. The second-order valence-electron chi connectivity index (χ2n) is 3.76. The molecule has 6 nitrogen and oxygen atoms in total. The fraction of sp³-hybridized carbons (Fsp3) is 0.308. The minimum atomic E-state index is -1.05. The summed E-state index contributed by atoms with van der Waals surface area (Å²) in [5.74, 6) is -1.28. The van der Waals surface area contributed by atoms with Crippen LogP contribution in [0.15, 0.2) is 30.3 Å². The quantitative estimate of drug-likeness (QED) is 0.797. The standard InChI is InChI=1S/C13H16N2O4/c1-3-14-13(18)15-11(16)9(2)19-12(17)10-7-5-4-6-8-10/h4-9H,3H2,1-2H3,(H2,14,15,16,18)/t9-/m0/s1. The summed E-state index contributed by atoms with van der Waals surface area (Å²) in [6, 6.07) is 7.69. The Hall–Kier alpha value is -2.37. The molecule has 0 saturated heterocycles. The molecule has 0 bridgehead atoms. The summed E-state index contributed by atoms with van der Waals surface area (Å²) in [6.07, 6.45) is -1.05. The van der Waals surface area contributed by atoms with E-state index in [0.29, 0.717) is 12.1 Å². The second kappa shape index (κ2) is 7.15. The van der Waals surface area contributed by atoms with Crippen molar-refractivity contribution in [2.24, 2.45) is 0 Å². The van der Waals surface area contributed by atoms with Gasteiger partial charge in [-0.05, 0) is 26.0 Å². The van der Waals surface area contributed by atoms with Gasteiger partial charge in [-0.2, -0.15) is 0 Å². The molecule has 0 saturated carbocycles. The van der Waals surface area contributed by atoms with Gasteiger partial charge in [-0.15, -0.1) is 0 Å². The van der Waals surface area contributed by atoms with Gasteiger partial charge in [-0.1, -0.05) is 18.2 Å². The van der Waals surface area contributed by atoms with Gasteiger partial charge in [0.1, 0.15) is 0 Å². The minimum Gasteiger partial charge on any atom is -0.449 e. The van der Waals surface area contributed by atoms with Crippen molar-refractivity contribution in [1.82, 2.24) is 10.6 Å². The van der Waals surface area contributed by atoms with Crippen molar-refractivity contribution in [3.05, 3.63) is 35.9 Å². The van der Waals surface area contributed by atoms with E-state index in [0.717, 1.165) is 0 Å². The predicted octanol–water partition coefficient (Wildman–Crippen LogP) is 1.08. The Morgan fingerprint density at radius 3 is 2.42 bits per heavy atom. The maximum Gasteiger partial charge on any atom is 0.338 e. The summed E-state index contributed by atoms with van der Waals surface area (Å²) >= 11 is 0. The van der Waals surface area contributed by atoms with Crippen molar-refractivity contribution in [3.8, 4) is 0 Å². The number of carbonyl (C=O) groups is 3. The van der Waals surface area contributed by atoms with Crippen LogP contribution in [0.2, 0.25) is 0 Å². The van der Waals surface area contributed by atoms with Gasteiger partial charge < -0.3 is 10.1 Å². The number of amides is 3. The first-order valence-electron chi connectivity index (χ1n) is 5.89. The lowest BCUT2D eigenvalue weighted by molar-refractivity contribution is -0.127. The lowest BCUT2D eigenvalue weighted by atomic mass is 10.2. The third-order valence-corrected chi connectivity index (χ3v) is 2.24. The van der Waals surface area contributed by atoms with E-state index in [4.69, 9.17) is 4.74 Å². The van der Waals surface area contributed by atoms with Crippen LogP contribution < -0.4 is 10.6 Å². The van der Waals surface area contributed by atoms with Crippen LogP contribution in [0, 0.1) is 0 Å². The average molecular weight is 264 g/mol. The fourth-order valence-corrected chi connectivity index (χ4v) is 1.27. The summed E-state index contributed by atoms with van der Waals surface area (Å²) in [4.78, 5) is 34.3. The van der Waals surface area contributed by atoms with Crippen LogP contribution >= 0.6 is 0 Å². The first kappa shape index (κ1) is 14.7. The molecule has 102 valence electrons. The highest BCUT2D eigenvalue weighted by atomic mass is 16.5. The number of urea groups is 1. The molecule has 6 heteroatoms. The molecule has 0 unspecified atom stereocenters. The van der Waals surface area contributed by atoms with Crippen LogP contribution in [0.5, 0.6) is 0 Å². The molecule has 3 amide bonds. The molecule has 0 radical (unpaired) electrons. The Kier molecular flexibility index (Phi) is 5.53. The van der Waals surface area contributed by atoms with Gasteiger partial charge >= 0.3 is 12.0 Å². The molecule has 0 heterocycles. The molecule has 0 aliphatic rings. The molecular weight excluding hydrogens is 248 g/mol. The van der Waals surface area contributed by atoms with Gasteiger partial charge in [-0.25, -0.2) is 9.59 Å². The van der Waals surface area contributed by atoms with Crippen molar-refractivity contribution >= 4 is 17.9 Å². The molecule has 1 atom stereocenters. The van der Waals surface area contributed by atoms with E-state index in [-0.39, 0.29) is 0 Å². The van der Waals surface area contributed by atoms with Gasteiger partial charge in [0.15, 0.2) is 6.10 Å². The number of imide groups is 1. The number of nitrogens with one attached hydrogen (secondary N) is 2. The molecule has 0 aromatic heterocycles. The molecule has 0 fully saturated rings. The number of benzene rings is 1. The maximum absolute atomic E-state index is 11.7. The van der Waals surface area contributed by atoms with Gasteiger partial charge in [0.05, 0.1) is 5.56 Å². The molecule has 2 N–H and O–H groups in total. The highest BCUT2D eigenvalue weighted by molar-refractivity contribution is 5.98. The lowest BCUT2D eigenvalue weighted by Crippen LogP contribution is -2.44. The first-order chi connectivity index (χ1) is 9.04. The number of ether oxygens (including phenoxy) is 1. The average Bonchev–Trinajstić information content (AvgIpc) is 2.39. The number of hydrogen-bond acceptors (Lipinski definition) is 4. The molecule has 1 aromatic carbocycles. The Morgan fingerprint density at radius 1 is 1.21 bits per heavy atom. The maximum atomic E-state index is 11.7. The van der Waals surface area contributed by atoms with Crippen molar-refractivity contribution < 1.29 is 19.1 Å². The normalized spacial score (nSPS) is 11.3. The van der Waals surface area contributed by atoms with Crippen LogP contribution in [-0.4, -0.2) is 30.6 Å². The zero-order chi connectivity index (χ0) is 14.3. The van der Waals surface area contributed by atoms with Crippen LogP contribution in [0.4, 0.5) is 4.79 Å². The highest BCUT2D eigenvalue weighted by Gasteiger charge is 2.20. The highest BCUT2D eigenvalue weighted by Crippen LogP contribution is 2.03. The number of esters is 1. The van der Waals surface area contributed by atoms with Crippen LogP contribution in [0.3, 0.4) is 0 Å². The summed E-state index contributed by atoms with van der Waals surface area (Å²) in [5.41, 5.74) is 0.347. The molecule has 1 rings (SSSR count). The minimum absolute atomic E-state index is 0.347. The summed E-state index contributed by atoms with van der Waals surface area (Å²) < 4.78 is 4.95. The van der Waals surface area contributed by atoms with Crippen molar-refractivity contribution in [1.29, 1.82) is 0 Å². The molecule has 19 heavy (non-hydrogen) atoms. The summed E-state index contributed by atoms with van der Waals surface area (Å²) in [6.45, 7) is 3.52. The molecule has 1 aromatic rings. The zero-order valence-electron chi connectivity index (χ0n) is 10.8. The Morgan fingerprint density at radius 2 is 1.84 bits per heavy atom. The van der Waals surface area contributed by atoms with Gasteiger partial charge in [0.25, 0.3) is 5.91 Å². The van der Waals surface area contributed by atoms with E-state index < -0.39 is 24.0 Å². The van der Waals surface area contributed by atoms with E-state index in [9.17, 15) is 14.4 Å². The second-order valence-corrected chi connectivity index (χ2v) is 3.76. The molecule has 0 aliphatic carbocycles. The molecular formula is C13H16N2O4. The van der Waals surface area contributed by atoms with Crippen LogP contribution in [0.25, 0.3) is 0 Å². The van der Waals surface area contributed by atoms with Crippen LogP contribution in [0.1, 0.15) is 24.2 Å². The number of hydrogen-bond donors (Lipinski definition) is 2. The number of rotatable bonds is 4. The Labute approximate surface area is 111 Å². The number of carbonyl (C=O) groups excluding carboxylic acids is 3. The largest absolute Gasteiger partial charge is 0.449 e. The third-order valence-electron chi connectivity index (χ3n) is 2.24. The predicted molar refractivity (Wildman–Crippen MR) is 68.5 cm³/mol. The van der Waals surface area contributed by atoms with E-state index in [1.165, 1.54) is 6.92 Å². The summed E-state index contributed by atoms with van der Waals surface area (Å²) in [7, 11) is 0. The SMILES string of the molecule is CCNC(=O)NC(=O)[C@H](C)OC(=O)c1ccccc1. The van der Waals surface area contributed by atoms with E-state index in [2.05, 4.69) is 10.6 Å². The van der Waals surface area contributed by atoms with Crippen molar-refractivity contribution in [2.75, 3.05) is 6.54 Å². The first-order valence-corrected chi connectivity index (χ1v) is 5.89. The Bertz CT molecular complexity index is 459. The topological polar surface area (TPSA) is 84.5 Å². The fourth-order valence-electron chi connectivity index (χ4n) is 1.27. The van der Waals surface area contributed by atoms with E-state index in [1.807, 2.05) is 0 Å². The van der Waals surface area contributed by atoms with Gasteiger partial charge in [0.2, 0.25) is 0 Å². The summed E-state index contributed by atoms with van der Waals surface area (Å²) in [5, 5.41) is 4.48. The van der Waals surface area contributed by atoms with Gasteiger partial charge in [-0.3, -0.25) is 10.1 Å². The molecule has 0 aliphatic heterocycles. The van der Waals surface area contributed by atoms with Crippen LogP contribution in [-0.2, 0) is 9.53 Å². The van der Waals surface area contributed by atoms with Gasteiger partial charge in [0, 0.05) is 6.54 Å². The Balaban J connectivity index is 2.50. The molecule has 0 spiro atoms.